The first kappa shape index (κ1) is 23.0. The molecule has 2 aromatic heterocycles. The van der Waals surface area contributed by atoms with Crippen LogP contribution in [-0.2, 0) is 4.74 Å². The van der Waals surface area contributed by atoms with Gasteiger partial charge >= 0.3 is 12.1 Å². The summed E-state index contributed by atoms with van der Waals surface area (Å²) >= 11 is 0. The molecule has 0 fully saturated rings. The largest absolute Gasteiger partial charge is 0.484 e. The van der Waals surface area contributed by atoms with Gasteiger partial charge in [0.15, 0.2) is 6.61 Å². The summed E-state index contributed by atoms with van der Waals surface area (Å²) in [5.74, 6) is -1.36. The van der Waals surface area contributed by atoms with Crippen molar-refractivity contribution < 1.29 is 36.6 Å². The lowest BCUT2D eigenvalue weighted by molar-refractivity contribution is -0.154. The van der Waals surface area contributed by atoms with Crippen molar-refractivity contribution >= 4 is 5.97 Å². The van der Waals surface area contributed by atoms with E-state index in [1.54, 1.807) is 12.4 Å². The third-order valence-corrected chi connectivity index (χ3v) is 4.34. The van der Waals surface area contributed by atoms with Gasteiger partial charge in [-0.1, -0.05) is 6.92 Å². The molecule has 1 aromatic carbocycles. The average Bonchev–Trinajstić information content (AvgIpc) is 3.26. The molecule has 7 nitrogen and oxygen atoms in total. The molecule has 0 saturated carbocycles. The first-order chi connectivity index (χ1) is 15.2. The highest BCUT2D eigenvalue weighted by molar-refractivity contribution is 5.89. The van der Waals surface area contributed by atoms with Crippen LogP contribution in [0.15, 0.2) is 48.9 Å². The van der Waals surface area contributed by atoms with E-state index < -0.39 is 30.7 Å². The zero-order valence-electron chi connectivity index (χ0n) is 17.1. The van der Waals surface area contributed by atoms with Gasteiger partial charge in [0.1, 0.15) is 17.7 Å². The number of alkyl halides is 3. The lowest BCUT2D eigenvalue weighted by atomic mass is 10.1. The van der Waals surface area contributed by atoms with Gasteiger partial charge < -0.3 is 14.2 Å². The van der Waals surface area contributed by atoms with Gasteiger partial charge in [0.2, 0.25) is 5.88 Å². The zero-order chi connectivity index (χ0) is 23.3. The molecule has 170 valence electrons. The first-order valence-electron chi connectivity index (χ1n) is 9.45. The van der Waals surface area contributed by atoms with Gasteiger partial charge in [-0.25, -0.2) is 18.9 Å². The normalized spacial score (nSPS) is 12.3. The number of rotatable bonds is 8. The van der Waals surface area contributed by atoms with Crippen molar-refractivity contribution in [2.45, 2.75) is 25.6 Å². The van der Waals surface area contributed by atoms with Crippen molar-refractivity contribution in [1.29, 1.82) is 0 Å². The molecular formula is C21H19F4N3O4. The number of carbonyl (C=O) groups excluding carboxylic acids is 1. The maximum Gasteiger partial charge on any atom is 0.422 e. The smallest absolute Gasteiger partial charge is 0.422 e. The molecule has 2 heterocycles. The van der Waals surface area contributed by atoms with Gasteiger partial charge in [-0.15, -0.1) is 0 Å². The molecule has 1 atom stereocenters. The van der Waals surface area contributed by atoms with E-state index in [0.717, 1.165) is 6.07 Å². The number of hydrogen-bond donors (Lipinski definition) is 0. The van der Waals surface area contributed by atoms with E-state index in [1.165, 1.54) is 42.3 Å². The summed E-state index contributed by atoms with van der Waals surface area (Å²) in [6.07, 6.45) is 0.121. The minimum atomic E-state index is -4.45. The lowest BCUT2D eigenvalue weighted by Crippen LogP contribution is -2.19. The van der Waals surface area contributed by atoms with E-state index in [2.05, 4.69) is 19.6 Å². The number of hydrogen-bond acceptors (Lipinski definition) is 6. The van der Waals surface area contributed by atoms with Crippen LogP contribution in [-0.4, -0.2) is 40.6 Å². The Balaban J connectivity index is 1.70. The van der Waals surface area contributed by atoms with Crippen molar-refractivity contribution in [3.05, 3.63) is 65.9 Å². The van der Waals surface area contributed by atoms with Gasteiger partial charge in [-0.3, -0.25) is 0 Å². The maximum atomic E-state index is 14.2. The van der Waals surface area contributed by atoms with Crippen LogP contribution in [0.1, 0.15) is 35.4 Å². The van der Waals surface area contributed by atoms with Gasteiger partial charge in [-0.05, 0) is 24.6 Å². The highest BCUT2D eigenvalue weighted by atomic mass is 19.4. The molecule has 0 amide bonds. The Morgan fingerprint density at radius 1 is 1.19 bits per heavy atom. The molecule has 0 aliphatic rings. The van der Waals surface area contributed by atoms with Crippen molar-refractivity contribution in [2.75, 3.05) is 13.7 Å². The molecule has 0 radical (unpaired) electrons. The molecule has 0 bridgehead atoms. The van der Waals surface area contributed by atoms with Crippen LogP contribution in [0.5, 0.6) is 11.6 Å². The van der Waals surface area contributed by atoms with E-state index in [4.69, 9.17) is 4.74 Å². The fourth-order valence-electron chi connectivity index (χ4n) is 2.80. The Kier molecular flexibility index (Phi) is 6.96. The van der Waals surface area contributed by atoms with E-state index in [0.29, 0.717) is 23.4 Å². The third-order valence-electron chi connectivity index (χ3n) is 4.34. The predicted molar refractivity (Wildman–Crippen MR) is 104 cm³/mol. The quantitative estimate of drug-likeness (QED) is 0.365. The molecule has 0 aliphatic heterocycles. The molecule has 0 saturated heterocycles. The minimum absolute atomic E-state index is 0.173. The minimum Gasteiger partial charge on any atom is -0.484 e. The Labute approximate surface area is 180 Å². The molecule has 0 N–H and O–H groups in total. The van der Waals surface area contributed by atoms with Crippen molar-refractivity contribution in [2.24, 2.45) is 0 Å². The van der Waals surface area contributed by atoms with Crippen LogP contribution in [0.25, 0.3) is 5.69 Å². The molecule has 3 aromatic rings. The molecule has 32 heavy (non-hydrogen) atoms. The molecule has 3 rings (SSSR count). The molecule has 0 aliphatic carbocycles. The summed E-state index contributed by atoms with van der Waals surface area (Å²) in [5, 5.41) is 4.21. The zero-order valence-corrected chi connectivity index (χ0v) is 17.1. The topological polar surface area (TPSA) is 75.5 Å². The fraction of sp³-hybridized carbons (Fsp3) is 0.286. The van der Waals surface area contributed by atoms with Crippen molar-refractivity contribution in [1.82, 2.24) is 14.8 Å². The maximum absolute atomic E-state index is 14.2. The second kappa shape index (κ2) is 9.67. The van der Waals surface area contributed by atoms with Crippen LogP contribution >= 0.6 is 0 Å². The van der Waals surface area contributed by atoms with Crippen LogP contribution in [0.4, 0.5) is 17.6 Å². The van der Waals surface area contributed by atoms with Gasteiger partial charge in [0.05, 0.1) is 30.8 Å². The number of carbonyl (C=O) groups is 1. The monoisotopic (exact) mass is 453 g/mol. The average molecular weight is 453 g/mol. The summed E-state index contributed by atoms with van der Waals surface area (Å²) in [5.41, 5.74) is 0.889. The summed E-state index contributed by atoms with van der Waals surface area (Å²) in [6, 6.07) is 6.72. The van der Waals surface area contributed by atoms with E-state index >= 15 is 0 Å². The second-order valence-corrected chi connectivity index (χ2v) is 6.62. The second-order valence-electron chi connectivity index (χ2n) is 6.62. The van der Waals surface area contributed by atoms with Crippen LogP contribution in [0, 0.1) is 5.82 Å². The summed E-state index contributed by atoms with van der Waals surface area (Å²) in [4.78, 5) is 15.3. The Morgan fingerprint density at radius 2 is 1.97 bits per heavy atom. The summed E-state index contributed by atoms with van der Waals surface area (Å²) in [6.45, 7) is 0.444. The van der Waals surface area contributed by atoms with Gasteiger partial charge in [0, 0.05) is 23.9 Å². The Morgan fingerprint density at radius 3 is 2.56 bits per heavy atom. The molecular weight excluding hydrogens is 434 g/mol. The van der Waals surface area contributed by atoms with Gasteiger partial charge in [-0.2, -0.15) is 18.3 Å². The highest BCUT2D eigenvalue weighted by Crippen LogP contribution is 2.26. The Hall–Kier alpha value is -3.63. The summed E-state index contributed by atoms with van der Waals surface area (Å²) in [7, 11) is 1.17. The number of esters is 1. The lowest BCUT2D eigenvalue weighted by Gasteiger charge is -2.16. The highest BCUT2D eigenvalue weighted by Gasteiger charge is 2.28. The third kappa shape index (κ3) is 5.74. The number of pyridine rings is 1. The SMILES string of the molecule is CCC(Oc1ccc(OCC(F)(F)F)nc1)c1cnn(-c2ccc(C(=O)OC)c(F)c2)c1. The predicted octanol–water partition coefficient (Wildman–Crippen LogP) is 4.66. The Bertz CT molecular complexity index is 1070. The molecule has 0 spiro atoms. The van der Waals surface area contributed by atoms with Crippen molar-refractivity contribution in [3.8, 4) is 17.3 Å². The molecule has 1 unspecified atom stereocenters. The van der Waals surface area contributed by atoms with Crippen molar-refractivity contribution in [3.63, 3.8) is 0 Å². The standard InChI is InChI=1S/C21H19F4N3O4/c1-3-18(32-15-5-7-19(26-10-15)31-12-21(23,24)25)13-9-27-28(11-13)14-4-6-16(17(22)8-14)20(29)30-2/h4-11,18H,3,12H2,1-2H3. The number of methoxy groups -OCH3 is 1. The fourth-order valence-corrected chi connectivity index (χ4v) is 2.80. The summed E-state index contributed by atoms with van der Waals surface area (Å²) < 4.78 is 67.2. The van der Waals surface area contributed by atoms with E-state index in [1.807, 2.05) is 6.92 Å². The van der Waals surface area contributed by atoms with E-state index in [9.17, 15) is 22.4 Å². The number of halogens is 4. The molecule has 11 heteroatoms. The van der Waals surface area contributed by atoms with E-state index in [-0.39, 0.29) is 11.4 Å². The number of benzene rings is 1. The number of nitrogens with zero attached hydrogens (tertiary/aromatic N) is 3. The van der Waals surface area contributed by atoms with Gasteiger partial charge in [0.25, 0.3) is 0 Å². The number of ether oxygens (including phenoxy) is 3. The number of aromatic nitrogens is 3. The van der Waals surface area contributed by atoms with Crippen LogP contribution < -0.4 is 9.47 Å². The van der Waals surface area contributed by atoms with Crippen LogP contribution in [0.2, 0.25) is 0 Å². The first-order valence-corrected chi connectivity index (χ1v) is 9.45. The van der Waals surface area contributed by atoms with Crippen LogP contribution in [0.3, 0.4) is 0 Å².